The van der Waals surface area contributed by atoms with Crippen LogP contribution in [0, 0.1) is 22.6 Å². The van der Waals surface area contributed by atoms with E-state index in [9.17, 15) is 22.9 Å². The second-order valence-electron chi connectivity index (χ2n) is 13.9. The Morgan fingerprint density at radius 2 is 1.90 bits per heavy atom. The number of nitrogens with one attached hydrogen (secondary N) is 2. The first-order valence-electron chi connectivity index (χ1n) is 16.8. The summed E-state index contributed by atoms with van der Waals surface area (Å²) in [4.78, 5) is 20.9. The minimum Gasteiger partial charge on any atom is -0.453 e. The Balaban J connectivity index is 1.04. The van der Waals surface area contributed by atoms with E-state index in [1.54, 1.807) is 23.9 Å². The van der Waals surface area contributed by atoms with Gasteiger partial charge in [0.05, 0.1) is 35.1 Å². The van der Waals surface area contributed by atoms with Crippen molar-refractivity contribution in [1.82, 2.24) is 24.1 Å². The summed E-state index contributed by atoms with van der Waals surface area (Å²) in [5.41, 5.74) is 0.124. The van der Waals surface area contributed by atoms with Crippen molar-refractivity contribution in [3.05, 3.63) is 58.4 Å². The Morgan fingerprint density at radius 1 is 1.15 bits per heavy atom. The number of ether oxygens (including phenoxy) is 2. The van der Waals surface area contributed by atoms with E-state index in [0.29, 0.717) is 16.9 Å². The van der Waals surface area contributed by atoms with Crippen molar-refractivity contribution < 1.29 is 22.3 Å². The summed E-state index contributed by atoms with van der Waals surface area (Å²) in [5, 5.41) is 13.6. The zero-order chi connectivity index (χ0) is 33.7. The van der Waals surface area contributed by atoms with Crippen molar-refractivity contribution in [3.8, 4) is 17.6 Å². The summed E-state index contributed by atoms with van der Waals surface area (Å²) in [6.45, 7) is 6.86. The SMILES string of the molecule is CCN(C)S(=O)(=O)Nc1ccc(F)c(Oc2ccc3ncn(C4CC5(CCN(C6COC7(CCNCC7)C6)CC5)C4)c(=O)c3c2)c1C#N. The number of likely N-dealkylation sites (tertiary alicyclic amines) is 1. The molecule has 0 amide bonds. The minimum absolute atomic E-state index is 0.0481. The van der Waals surface area contributed by atoms with Gasteiger partial charge in [0.2, 0.25) is 0 Å². The number of anilines is 1. The molecule has 1 unspecified atom stereocenters. The highest BCUT2D eigenvalue weighted by Crippen LogP contribution is 2.55. The van der Waals surface area contributed by atoms with Crippen molar-refractivity contribution in [3.63, 3.8) is 0 Å². The Labute approximate surface area is 280 Å². The Hall–Kier alpha value is -3.61. The molecule has 256 valence electrons. The first-order valence-corrected chi connectivity index (χ1v) is 18.2. The molecule has 3 saturated heterocycles. The molecular weight excluding hydrogens is 637 g/mol. The maximum Gasteiger partial charge on any atom is 0.301 e. The van der Waals surface area contributed by atoms with Gasteiger partial charge in [0.1, 0.15) is 17.4 Å². The van der Waals surface area contributed by atoms with Gasteiger partial charge in [-0.3, -0.25) is 19.0 Å². The van der Waals surface area contributed by atoms with Gasteiger partial charge in [-0.25, -0.2) is 9.37 Å². The fourth-order valence-corrected chi connectivity index (χ4v) is 8.93. The molecule has 12 nitrogen and oxygen atoms in total. The smallest absolute Gasteiger partial charge is 0.301 e. The summed E-state index contributed by atoms with van der Waals surface area (Å²) >= 11 is 0. The highest BCUT2D eigenvalue weighted by molar-refractivity contribution is 7.90. The van der Waals surface area contributed by atoms with Gasteiger partial charge < -0.3 is 14.8 Å². The zero-order valence-corrected chi connectivity index (χ0v) is 28.2. The number of benzene rings is 2. The van der Waals surface area contributed by atoms with Gasteiger partial charge in [-0.05, 0) is 107 Å². The Kier molecular flexibility index (Phi) is 8.70. The van der Waals surface area contributed by atoms with Crippen LogP contribution in [0.25, 0.3) is 10.9 Å². The van der Waals surface area contributed by atoms with Gasteiger partial charge in [-0.15, -0.1) is 0 Å². The summed E-state index contributed by atoms with van der Waals surface area (Å²) in [6, 6.07) is 9.24. The van der Waals surface area contributed by atoms with E-state index in [2.05, 4.69) is 19.9 Å². The third-order valence-electron chi connectivity index (χ3n) is 11.1. The molecule has 1 atom stereocenters. The zero-order valence-electron chi connectivity index (χ0n) is 27.4. The molecule has 2 spiro atoms. The molecule has 4 fully saturated rings. The maximum atomic E-state index is 15.0. The van der Waals surface area contributed by atoms with Gasteiger partial charge in [0.15, 0.2) is 11.6 Å². The van der Waals surface area contributed by atoms with Gasteiger partial charge in [-0.1, -0.05) is 6.92 Å². The van der Waals surface area contributed by atoms with Crippen molar-refractivity contribution in [2.24, 2.45) is 5.41 Å². The largest absolute Gasteiger partial charge is 0.453 e. The normalized spacial score (nSPS) is 22.6. The second kappa shape index (κ2) is 12.7. The number of nitrogens with zero attached hydrogens (tertiary/aromatic N) is 5. The van der Waals surface area contributed by atoms with Gasteiger partial charge >= 0.3 is 10.2 Å². The van der Waals surface area contributed by atoms with E-state index >= 15 is 0 Å². The summed E-state index contributed by atoms with van der Waals surface area (Å²) in [6.07, 6.45) is 9.00. The molecule has 0 radical (unpaired) electrons. The van der Waals surface area contributed by atoms with Crippen LogP contribution in [0.3, 0.4) is 0 Å². The molecule has 1 aromatic heterocycles. The predicted molar refractivity (Wildman–Crippen MR) is 179 cm³/mol. The molecule has 0 bridgehead atoms. The topological polar surface area (TPSA) is 142 Å². The number of hydrogen-bond acceptors (Lipinski definition) is 9. The van der Waals surface area contributed by atoms with Crippen LogP contribution in [0.15, 0.2) is 41.5 Å². The lowest BCUT2D eigenvalue weighted by Gasteiger charge is -2.53. The summed E-state index contributed by atoms with van der Waals surface area (Å²) in [5.74, 6) is -1.17. The molecule has 14 heteroatoms. The minimum atomic E-state index is -3.97. The van der Waals surface area contributed by atoms with Crippen LogP contribution in [0.4, 0.5) is 10.1 Å². The maximum absolute atomic E-state index is 15.0. The number of aromatic nitrogens is 2. The molecule has 2 aromatic carbocycles. The molecule has 3 aromatic rings. The first kappa shape index (κ1) is 32.9. The number of fused-ring (bicyclic) bond motifs is 1. The van der Waals surface area contributed by atoms with E-state index < -0.39 is 21.8 Å². The van der Waals surface area contributed by atoms with Crippen LogP contribution in [0.1, 0.15) is 63.5 Å². The first-order chi connectivity index (χ1) is 23.0. The fourth-order valence-electron chi connectivity index (χ4n) is 7.99. The van der Waals surface area contributed by atoms with Gasteiger partial charge in [-0.2, -0.15) is 18.0 Å². The number of hydrogen-bond donors (Lipinski definition) is 2. The lowest BCUT2D eigenvalue weighted by molar-refractivity contribution is -0.0278. The average molecular weight is 680 g/mol. The monoisotopic (exact) mass is 679 g/mol. The Bertz CT molecular complexity index is 1910. The molecule has 4 aliphatic rings. The highest BCUT2D eigenvalue weighted by atomic mass is 32.2. The van der Waals surface area contributed by atoms with Crippen molar-refractivity contribution >= 4 is 26.8 Å². The van der Waals surface area contributed by atoms with Crippen LogP contribution < -0.4 is 20.3 Å². The standard InChI is InChI=1S/C34H42FN7O5S/c1-3-40(2)48(44,45)39-30-7-5-28(35)31(27(30)20-36)47-25-4-6-29-26(16-25)32(43)42(22-38-29)23-17-33(18-23)10-14-41(15-11-33)24-19-34(46-21-24)8-12-37-13-9-34/h4-7,16,22-24,37,39H,3,8-15,17-19,21H2,1-2H3. The molecule has 2 N–H and O–H groups in total. The highest BCUT2D eigenvalue weighted by Gasteiger charge is 2.49. The van der Waals surface area contributed by atoms with Gasteiger partial charge in [0, 0.05) is 25.7 Å². The lowest BCUT2D eigenvalue weighted by Crippen LogP contribution is -2.51. The molecule has 48 heavy (non-hydrogen) atoms. The van der Waals surface area contributed by atoms with E-state index in [-0.39, 0.29) is 46.2 Å². The van der Waals surface area contributed by atoms with Crippen LogP contribution in [0.2, 0.25) is 0 Å². The van der Waals surface area contributed by atoms with E-state index in [4.69, 9.17) is 9.47 Å². The third-order valence-corrected chi connectivity index (χ3v) is 12.7. The lowest BCUT2D eigenvalue weighted by atomic mass is 9.60. The van der Waals surface area contributed by atoms with Crippen molar-refractivity contribution in [2.75, 3.05) is 51.1 Å². The van der Waals surface area contributed by atoms with Gasteiger partial charge in [0.25, 0.3) is 5.56 Å². The van der Waals surface area contributed by atoms with E-state index in [1.165, 1.54) is 25.2 Å². The predicted octanol–water partition coefficient (Wildman–Crippen LogP) is 4.14. The second-order valence-corrected chi connectivity index (χ2v) is 15.6. The molecule has 7 rings (SSSR count). The summed E-state index contributed by atoms with van der Waals surface area (Å²) in [7, 11) is -2.59. The Morgan fingerprint density at radius 3 is 2.60 bits per heavy atom. The average Bonchev–Trinajstić information content (AvgIpc) is 3.48. The molecule has 1 saturated carbocycles. The van der Waals surface area contributed by atoms with Crippen LogP contribution in [0.5, 0.6) is 11.5 Å². The molecule has 3 aliphatic heterocycles. The number of halogens is 1. The van der Waals surface area contributed by atoms with Crippen LogP contribution >= 0.6 is 0 Å². The van der Waals surface area contributed by atoms with Crippen LogP contribution in [-0.4, -0.2) is 85.2 Å². The number of rotatable bonds is 8. The third kappa shape index (κ3) is 6.07. The summed E-state index contributed by atoms with van der Waals surface area (Å²) < 4.78 is 57.4. The van der Waals surface area contributed by atoms with Crippen molar-refractivity contribution in [2.45, 2.75) is 69.6 Å². The molecule has 4 heterocycles. The van der Waals surface area contributed by atoms with E-state index in [1.807, 2.05) is 6.07 Å². The van der Waals surface area contributed by atoms with Crippen molar-refractivity contribution in [1.29, 1.82) is 5.26 Å². The molecular formula is C34H42FN7O5S. The van der Waals surface area contributed by atoms with Crippen LogP contribution in [-0.2, 0) is 14.9 Å². The fraction of sp³-hybridized carbons (Fsp3) is 0.559. The quantitative estimate of drug-likeness (QED) is 0.360. The molecule has 1 aliphatic carbocycles. The number of nitriles is 1. The number of piperidine rings is 2. The van der Waals surface area contributed by atoms with E-state index in [0.717, 1.165) is 88.1 Å².